The Kier molecular flexibility index (Phi) is 5.81. The lowest BCUT2D eigenvalue weighted by molar-refractivity contribution is 1.43. The molecule has 20 heavy (non-hydrogen) atoms. The summed E-state index contributed by atoms with van der Waals surface area (Å²) in [5, 5.41) is 2.11. The smallest absolute Gasteiger partial charge is 0.0809 e. The molecule has 0 N–H and O–H groups in total. The average molecular weight is 454 g/mol. The molecule has 0 fully saturated rings. The Morgan fingerprint density at radius 1 is 0.750 bits per heavy atom. The molecule has 0 saturated heterocycles. The van der Waals surface area contributed by atoms with Crippen LogP contribution in [0, 0.1) is 0 Å². The molecule has 0 unspecified atom stereocenters. The first kappa shape index (κ1) is 17.0. The van der Waals surface area contributed by atoms with Crippen molar-refractivity contribution >= 4 is 85.5 Å². The highest BCUT2D eigenvalue weighted by molar-refractivity contribution is 9.08. The molecule has 0 spiro atoms. The van der Waals surface area contributed by atoms with Crippen LogP contribution in [0.4, 0.5) is 0 Å². The summed E-state index contributed by atoms with van der Waals surface area (Å²) in [6.07, 6.45) is 0. The molecule has 0 bridgehead atoms. The van der Waals surface area contributed by atoms with Gasteiger partial charge in [-0.05, 0) is 23.3 Å². The summed E-state index contributed by atoms with van der Waals surface area (Å²) in [4.78, 5) is 0. The molecular formula is C13H5BrCl6. The molecule has 106 valence electrons. The molecule has 2 rings (SSSR count). The van der Waals surface area contributed by atoms with Crippen LogP contribution in [0.25, 0.3) is 11.1 Å². The van der Waals surface area contributed by atoms with E-state index in [-0.39, 0.29) is 25.1 Å². The van der Waals surface area contributed by atoms with E-state index >= 15 is 0 Å². The molecule has 2 aromatic rings. The predicted octanol–water partition coefficient (Wildman–Crippen LogP) is 8.17. The molecule has 0 aliphatic heterocycles. The number of halogens is 7. The lowest BCUT2D eigenvalue weighted by atomic mass is 10.0. The quantitative estimate of drug-likeness (QED) is 0.244. The number of hydrogen-bond acceptors (Lipinski definition) is 0. The van der Waals surface area contributed by atoms with E-state index in [0.29, 0.717) is 15.9 Å². The topological polar surface area (TPSA) is 0 Å². The van der Waals surface area contributed by atoms with Gasteiger partial charge in [0, 0.05) is 15.9 Å². The third-order valence-corrected chi connectivity index (χ3v) is 5.81. The van der Waals surface area contributed by atoms with Crippen LogP contribution in [0.3, 0.4) is 0 Å². The van der Waals surface area contributed by atoms with Crippen LogP contribution < -0.4 is 0 Å². The molecule has 0 saturated carbocycles. The maximum absolute atomic E-state index is 6.27. The fourth-order valence-electron chi connectivity index (χ4n) is 1.74. The van der Waals surface area contributed by atoms with Crippen LogP contribution in [0.15, 0.2) is 18.2 Å². The van der Waals surface area contributed by atoms with Crippen LogP contribution >= 0.6 is 85.5 Å². The first-order chi connectivity index (χ1) is 9.38. The second-order valence-corrected chi connectivity index (χ2v) is 6.77. The van der Waals surface area contributed by atoms with Gasteiger partial charge in [0.1, 0.15) is 0 Å². The van der Waals surface area contributed by atoms with Crippen molar-refractivity contribution in [3.8, 4) is 11.1 Å². The molecule has 0 aliphatic carbocycles. The fourth-order valence-corrected chi connectivity index (χ4v) is 3.74. The molecule has 0 nitrogen and oxygen atoms in total. The molecule has 0 aliphatic rings. The van der Waals surface area contributed by atoms with E-state index in [1.807, 2.05) is 6.07 Å². The average Bonchev–Trinajstić information content (AvgIpc) is 2.43. The van der Waals surface area contributed by atoms with E-state index < -0.39 is 0 Å². The summed E-state index contributed by atoms with van der Waals surface area (Å²) >= 11 is 40.2. The van der Waals surface area contributed by atoms with Crippen LogP contribution in [-0.4, -0.2) is 0 Å². The molecule has 0 amide bonds. The summed E-state index contributed by atoms with van der Waals surface area (Å²) in [6.45, 7) is 0. The third-order valence-electron chi connectivity index (χ3n) is 2.70. The minimum absolute atomic E-state index is 0.134. The van der Waals surface area contributed by atoms with Gasteiger partial charge in [-0.3, -0.25) is 0 Å². The summed E-state index contributed by atoms with van der Waals surface area (Å²) in [6, 6.07) is 5.41. The number of rotatable bonds is 2. The van der Waals surface area contributed by atoms with Gasteiger partial charge in [0.25, 0.3) is 0 Å². The van der Waals surface area contributed by atoms with Crippen LogP contribution in [-0.2, 0) is 5.33 Å². The van der Waals surface area contributed by atoms with E-state index in [9.17, 15) is 0 Å². The Morgan fingerprint density at radius 2 is 1.25 bits per heavy atom. The first-order valence-electron chi connectivity index (χ1n) is 5.24. The van der Waals surface area contributed by atoms with Crippen molar-refractivity contribution in [2.45, 2.75) is 5.33 Å². The highest BCUT2D eigenvalue weighted by atomic mass is 79.9. The Balaban J connectivity index is 2.86. The minimum Gasteiger partial charge on any atom is -0.0876 e. The van der Waals surface area contributed by atoms with Crippen molar-refractivity contribution in [1.29, 1.82) is 0 Å². The SMILES string of the molecule is Clc1ccc(CBr)c(-c2c(Cl)c(Cl)c(Cl)c(Cl)c2Cl)c1. The second kappa shape index (κ2) is 6.83. The summed E-state index contributed by atoms with van der Waals surface area (Å²) in [5.41, 5.74) is 2.22. The summed E-state index contributed by atoms with van der Waals surface area (Å²) in [7, 11) is 0. The van der Waals surface area contributed by atoms with Gasteiger partial charge in [-0.15, -0.1) is 0 Å². The van der Waals surface area contributed by atoms with E-state index in [2.05, 4.69) is 15.9 Å². The first-order valence-corrected chi connectivity index (χ1v) is 8.63. The molecule has 7 heteroatoms. The highest BCUT2D eigenvalue weighted by Gasteiger charge is 2.22. The van der Waals surface area contributed by atoms with Gasteiger partial charge in [0.05, 0.1) is 25.1 Å². The van der Waals surface area contributed by atoms with E-state index in [1.165, 1.54) is 0 Å². The van der Waals surface area contributed by atoms with Crippen LogP contribution in [0.1, 0.15) is 5.56 Å². The molecule has 0 radical (unpaired) electrons. The maximum atomic E-state index is 6.27. The predicted molar refractivity (Wildman–Crippen MR) is 94.6 cm³/mol. The Bertz CT molecular complexity index is 654. The molecule has 0 heterocycles. The van der Waals surface area contributed by atoms with E-state index in [0.717, 1.165) is 11.1 Å². The minimum atomic E-state index is 0.134. The zero-order valence-electron chi connectivity index (χ0n) is 9.58. The molecular weight excluding hydrogens is 449 g/mol. The lowest BCUT2D eigenvalue weighted by Gasteiger charge is -2.15. The van der Waals surface area contributed by atoms with Crippen molar-refractivity contribution in [2.75, 3.05) is 0 Å². The zero-order valence-corrected chi connectivity index (χ0v) is 15.7. The van der Waals surface area contributed by atoms with Gasteiger partial charge < -0.3 is 0 Å². The Hall–Kier alpha value is 0.660. The maximum Gasteiger partial charge on any atom is 0.0809 e. The number of benzene rings is 2. The van der Waals surface area contributed by atoms with Gasteiger partial charge in [-0.1, -0.05) is 91.6 Å². The van der Waals surface area contributed by atoms with Crippen LogP contribution in [0.5, 0.6) is 0 Å². The van der Waals surface area contributed by atoms with E-state index in [1.54, 1.807) is 12.1 Å². The van der Waals surface area contributed by atoms with Gasteiger partial charge in [0.2, 0.25) is 0 Å². The fraction of sp³-hybridized carbons (Fsp3) is 0.0769. The Morgan fingerprint density at radius 3 is 1.75 bits per heavy atom. The van der Waals surface area contributed by atoms with E-state index in [4.69, 9.17) is 69.6 Å². The summed E-state index contributed by atoms with van der Waals surface area (Å²) in [5.74, 6) is 0. The van der Waals surface area contributed by atoms with Gasteiger partial charge in [0.15, 0.2) is 0 Å². The monoisotopic (exact) mass is 450 g/mol. The number of alkyl halides is 1. The van der Waals surface area contributed by atoms with Crippen molar-refractivity contribution in [3.05, 3.63) is 53.9 Å². The highest BCUT2D eigenvalue weighted by Crippen LogP contribution is 2.49. The van der Waals surface area contributed by atoms with Gasteiger partial charge >= 0.3 is 0 Å². The van der Waals surface area contributed by atoms with Crippen molar-refractivity contribution in [3.63, 3.8) is 0 Å². The van der Waals surface area contributed by atoms with Crippen LogP contribution in [0.2, 0.25) is 30.1 Å². The zero-order chi connectivity index (χ0) is 15.0. The van der Waals surface area contributed by atoms with Crippen molar-refractivity contribution in [1.82, 2.24) is 0 Å². The van der Waals surface area contributed by atoms with Crippen molar-refractivity contribution < 1.29 is 0 Å². The molecule has 2 aromatic carbocycles. The largest absolute Gasteiger partial charge is 0.0876 e. The summed E-state index contributed by atoms with van der Waals surface area (Å²) < 4.78 is 0. The standard InChI is InChI=1S/C13H5BrCl6/c14-4-5-1-2-6(15)3-7(5)8-9(16)11(18)13(20)12(19)10(8)17/h1-3H,4H2. The van der Waals surface area contributed by atoms with Gasteiger partial charge in [-0.2, -0.15) is 0 Å². The number of hydrogen-bond donors (Lipinski definition) is 0. The Labute approximate surface area is 155 Å². The molecule has 0 aromatic heterocycles. The normalized spacial score (nSPS) is 10.9. The molecule has 0 atom stereocenters. The van der Waals surface area contributed by atoms with Crippen molar-refractivity contribution in [2.24, 2.45) is 0 Å². The third kappa shape index (κ3) is 3.05. The van der Waals surface area contributed by atoms with Gasteiger partial charge in [-0.25, -0.2) is 0 Å². The lowest BCUT2D eigenvalue weighted by Crippen LogP contribution is -1.91. The second-order valence-electron chi connectivity index (χ2n) is 3.88.